The molecule has 2 aliphatic rings. The Morgan fingerprint density at radius 3 is 1.70 bits per heavy atom. The molecule has 1 aliphatic heterocycles. The van der Waals surface area contributed by atoms with E-state index in [-0.39, 0.29) is 0 Å². The van der Waals surface area contributed by atoms with Crippen LogP contribution in [0.15, 0.2) is 0 Å². The second kappa shape index (κ2) is 4.66. The molecule has 1 heterocycles. The molecule has 0 bridgehead atoms. The van der Waals surface area contributed by atoms with Gasteiger partial charge in [-0.15, -0.1) is 0 Å². The number of hydrogen-bond acceptors (Lipinski definition) is 3. The topological polar surface area (TPSA) is 41.3 Å². The number of hydrazine groups is 1. The highest BCUT2D eigenvalue weighted by molar-refractivity contribution is 4.60. The molecule has 1 aliphatic carbocycles. The standard InChI is InChI=1S/C4H11N3.C3H6/c5-7-3-1-6-2-4-7;1-2-3-1/h6H,1-5H2;1-3H2. The van der Waals surface area contributed by atoms with E-state index in [1.807, 2.05) is 5.01 Å². The SMILES string of the molecule is C1CC1.NN1CCNCC1. The summed E-state index contributed by atoms with van der Waals surface area (Å²) in [5.74, 6) is 5.43. The van der Waals surface area contributed by atoms with Crippen molar-refractivity contribution in [1.82, 2.24) is 10.3 Å². The Morgan fingerprint density at radius 1 is 1.00 bits per heavy atom. The Hall–Kier alpha value is -0.120. The fourth-order valence-electron chi connectivity index (χ4n) is 0.682. The Kier molecular flexibility index (Phi) is 3.72. The van der Waals surface area contributed by atoms with Crippen molar-refractivity contribution >= 4 is 0 Å². The van der Waals surface area contributed by atoms with Crippen molar-refractivity contribution in [3.05, 3.63) is 0 Å². The molecule has 1 saturated carbocycles. The van der Waals surface area contributed by atoms with Gasteiger partial charge in [0.1, 0.15) is 0 Å². The largest absolute Gasteiger partial charge is 0.314 e. The summed E-state index contributed by atoms with van der Waals surface area (Å²) in [6.45, 7) is 4.05. The van der Waals surface area contributed by atoms with Crippen LogP contribution in [0.4, 0.5) is 0 Å². The van der Waals surface area contributed by atoms with E-state index in [1.165, 1.54) is 19.3 Å². The fraction of sp³-hybridized carbons (Fsp3) is 1.00. The van der Waals surface area contributed by atoms with E-state index in [1.54, 1.807) is 0 Å². The van der Waals surface area contributed by atoms with Gasteiger partial charge in [-0.05, 0) is 0 Å². The number of rotatable bonds is 0. The van der Waals surface area contributed by atoms with Gasteiger partial charge in [-0.1, -0.05) is 19.3 Å². The van der Waals surface area contributed by atoms with Crippen LogP contribution in [0.3, 0.4) is 0 Å². The first-order chi connectivity index (χ1) is 4.89. The van der Waals surface area contributed by atoms with Gasteiger partial charge in [0.15, 0.2) is 0 Å². The Labute approximate surface area is 62.5 Å². The van der Waals surface area contributed by atoms with Crippen LogP contribution in [-0.4, -0.2) is 31.2 Å². The fourth-order valence-corrected chi connectivity index (χ4v) is 0.682. The zero-order valence-electron chi connectivity index (χ0n) is 6.47. The molecule has 0 unspecified atom stereocenters. The van der Waals surface area contributed by atoms with E-state index in [9.17, 15) is 0 Å². The zero-order chi connectivity index (χ0) is 7.23. The molecule has 1 saturated heterocycles. The molecule has 3 nitrogen and oxygen atoms in total. The molecule has 3 heteroatoms. The Balaban J connectivity index is 0.000000138. The summed E-state index contributed by atoms with van der Waals surface area (Å²) in [6.07, 6.45) is 4.50. The summed E-state index contributed by atoms with van der Waals surface area (Å²) < 4.78 is 0. The molecular weight excluding hydrogens is 126 g/mol. The predicted octanol–water partition coefficient (Wildman–Crippen LogP) is -0.0644. The molecule has 0 radical (unpaired) electrons. The molecule has 0 spiro atoms. The molecule has 60 valence electrons. The minimum Gasteiger partial charge on any atom is -0.314 e. The Morgan fingerprint density at radius 2 is 1.50 bits per heavy atom. The average Bonchev–Trinajstić information content (AvgIpc) is 2.73. The molecule has 3 N–H and O–H groups in total. The molecule has 0 aromatic heterocycles. The van der Waals surface area contributed by atoms with Crippen LogP contribution >= 0.6 is 0 Å². The van der Waals surface area contributed by atoms with Gasteiger partial charge in [0, 0.05) is 26.2 Å². The number of nitrogens with zero attached hydrogens (tertiary/aromatic N) is 1. The van der Waals surface area contributed by atoms with Gasteiger partial charge in [-0.25, -0.2) is 5.01 Å². The zero-order valence-corrected chi connectivity index (χ0v) is 6.47. The van der Waals surface area contributed by atoms with Crippen LogP contribution in [0.2, 0.25) is 0 Å². The highest BCUT2D eigenvalue weighted by Crippen LogP contribution is 2.14. The minimum atomic E-state index is 0.986. The lowest BCUT2D eigenvalue weighted by Gasteiger charge is -2.21. The third kappa shape index (κ3) is 4.73. The summed E-state index contributed by atoms with van der Waals surface area (Å²) in [5.41, 5.74) is 0. The van der Waals surface area contributed by atoms with Gasteiger partial charge >= 0.3 is 0 Å². The molecule has 0 amide bonds. The molecule has 10 heavy (non-hydrogen) atoms. The first kappa shape index (κ1) is 7.98. The number of hydrogen-bond donors (Lipinski definition) is 2. The molecule has 0 atom stereocenters. The molecule has 2 rings (SSSR count). The number of nitrogens with two attached hydrogens (primary N) is 1. The predicted molar refractivity (Wildman–Crippen MR) is 42.5 cm³/mol. The lowest BCUT2D eigenvalue weighted by Crippen LogP contribution is -2.47. The lowest BCUT2D eigenvalue weighted by atomic mass is 10.4. The molecular formula is C7H17N3. The summed E-state index contributed by atoms with van der Waals surface area (Å²) in [6, 6.07) is 0. The van der Waals surface area contributed by atoms with E-state index in [2.05, 4.69) is 5.32 Å². The van der Waals surface area contributed by atoms with Crippen molar-refractivity contribution in [2.24, 2.45) is 5.84 Å². The second-order valence-corrected chi connectivity index (χ2v) is 2.85. The van der Waals surface area contributed by atoms with Gasteiger partial charge in [-0.3, -0.25) is 5.84 Å². The number of piperazine rings is 1. The van der Waals surface area contributed by atoms with Crippen molar-refractivity contribution in [2.45, 2.75) is 19.3 Å². The second-order valence-electron chi connectivity index (χ2n) is 2.85. The summed E-state index contributed by atoms with van der Waals surface area (Å²) in [7, 11) is 0. The van der Waals surface area contributed by atoms with Crippen molar-refractivity contribution in [2.75, 3.05) is 26.2 Å². The highest BCUT2D eigenvalue weighted by Gasteiger charge is 2.01. The maximum Gasteiger partial charge on any atom is 0.0254 e. The highest BCUT2D eigenvalue weighted by atomic mass is 15.4. The van der Waals surface area contributed by atoms with Crippen molar-refractivity contribution in [3.63, 3.8) is 0 Å². The number of nitrogens with one attached hydrogen (secondary N) is 1. The summed E-state index contributed by atoms with van der Waals surface area (Å²) >= 11 is 0. The minimum absolute atomic E-state index is 0.986. The maximum absolute atomic E-state index is 5.43. The normalized spacial score (nSPS) is 24.9. The van der Waals surface area contributed by atoms with Gasteiger partial charge in [0.2, 0.25) is 0 Å². The van der Waals surface area contributed by atoms with Crippen LogP contribution in [-0.2, 0) is 0 Å². The molecule has 2 fully saturated rings. The third-order valence-corrected chi connectivity index (χ3v) is 1.51. The maximum atomic E-state index is 5.43. The smallest absolute Gasteiger partial charge is 0.0254 e. The Bertz CT molecular complexity index is 74.2. The first-order valence-corrected chi connectivity index (χ1v) is 4.10. The van der Waals surface area contributed by atoms with Gasteiger partial charge < -0.3 is 5.32 Å². The van der Waals surface area contributed by atoms with Crippen LogP contribution in [0.5, 0.6) is 0 Å². The van der Waals surface area contributed by atoms with Crippen LogP contribution in [0.25, 0.3) is 0 Å². The quantitative estimate of drug-likeness (QED) is 0.467. The third-order valence-electron chi connectivity index (χ3n) is 1.51. The van der Waals surface area contributed by atoms with E-state index in [0.29, 0.717) is 0 Å². The van der Waals surface area contributed by atoms with Gasteiger partial charge in [0.05, 0.1) is 0 Å². The van der Waals surface area contributed by atoms with Gasteiger partial charge in [-0.2, -0.15) is 0 Å². The summed E-state index contributed by atoms with van der Waals surface area (Å²) in [5, 5.41) is 5.02. The van der Waals surface area contributed by atoms with Crippen LogP contribution in [0.1, 0.15) is 19.3 Å². The first-order valence-electron chi connectivity index (χ1n) is 4.10. The van der Waals surface area contributed by atoms with E-state index in [4.69, 9.17) is 5.84 Å². The van der Waals surface area contributed by atoms with Gasteiger partial charge in [0.25, 0.3) is 0 Å². The van der Waals surface area contributed by atoms with E-state index < -0.39 is 0 Å². The van der Waals surface area contributed by atoms with Crippen molar-refractivity contribution < 1.29 is 0 Å². The average molecular weight is 143 g/mol. The monoisotopic (exact) mass is 143 g/mol. The van der Waals surface area contributed by atoms with E-state index in [0.717, 1.165) is 26.2 Å². The van der Waals surface area contributed by atoms with Crippen LogP contribution < -0.4 is 11.2 Å². The van der Waals surface area contributed by atoms with Crippen molar-refractivity contribution in [3.8, 4) is 0 Å². The molecule has 0 aromatic rings. The lowest BCUT2D eigenvalue weighted by molar-refractivity contribution is 0.248. The summed E-state index contributed by atoms with van der Waals surface area (Å²) in [4.78, 5) is 0. The van der Waals surface area contributed by atoms with E-state index >= 15 is 0 Å². The molecule has 0 aromatic carbocycles. The van der Waals surface area contributed by atoms with Crippen LogP contribution in [0, 0.1) is 0 Å². The van der Waals surface area contributed by atoms with Crippen molar-refractivity contribution in [1.29, 1.82) is 0 Å².